The van der Waals surface area contributed by atoms with Crippen molar-refractivity contribution in [3.63, 3.8) is 0 Å². The lowest BCUT2D eigenvalue weighted by Gasteiger charge is -1.51. The van der Waals surface area contributed by atoms with Crippen LogP contribution in [0, 0.1) is 0 Å². The van der Waals surface area contributed by atoms with Gasteiger partial charge in [0, 0.05) is 6.42 Å². The molecule has 0 atom stereocenters. The predicted octanol–water partition coefficient (Wildman–Crippen LogP) is 0.0406. The molecule has 0 aromatic rings. The van der Waals surface area contributed by atoms with Gasteiger partial charge < -0.3 is 19.2 Å². The van der Waals surface area contributed by atoms with Crippen LogP contribution in [0.1, 0.15) is 13.3 Å². The summed E-state index contributed by atoms with van der Waals surface area (Å²) in [6.45, 7) is 7.81. The molecule has 4 heteroatoms. The quantitative estimate of drug-likeness (QED) is 0.492. The van der Waals surface area contributed by atoms with E-state index in [9.17, 15) is 4.79 Å². The second kappa shape index (κ2) is 741. The lowest BCUT2D eigenvalue weighted by Crippen LogP contribution is -1.55. The zero-order valence-corrected chi connectivity index (χ0v) is 6.04. The molecule has 0 aliphatic heterocycles. The van der Waals surface area contributed by atoms with E-state index in [2.05, 4.69) is 0 Å². The zero-order chi connectivity index (χ0) is 9.41. The van der Waals surface area contributed by atoms with Crippen LogP contribution < -0.4 is 0 Å². The van der Waals surface area contributed by atoms with E-state index in [4.69, 9.17) is 14.4 Å². The van der Waals surface area contributed by atoms with Crippen molar-refractivity contribution in [1.82, 2.24) is 0 Å². The summed E-state index contributed by atoms with van der Waals surface area (Å²) >= 11 is 0. The van der Waals surface area contributed by atoms with Crippen molar-refractivity contribution >= 4 is 26.7 Å². The molecule has 0 saturated carbocycles. The third kappa shape index (κ3) is 2100. The van der Waals surface area contributed by atoms with Gasteiger partial charge in [-0.15, -0.1) is 0 Å². The van der Waals surface area contributed by atoms with Gasteiger partial charge in [-0.1, -0.05) is 6.92 Å². The Bertz CT molecular complexity index is 42.3. The fourth-order valence-corrected chi connectivity index (χ4v) is 0. The summed E-state index contributed by atoms with van der Waals surface area (Å²) in [6.07, 6.45) is 1.51. The Hall–Kier alpha value is -1.32. The van der Waals surface area contributed by atoms with E-state index in [0.29, 0.717) is 6.42 Å². The summed E-state index contributed by atoms with van der Waals surface area (Å²) in [6, 6.07) is 0. The molecule has 0 aromatic heterocycles. The van der Waals surface area contributed by atoms with Crippen LogP contribution in [0.4, 0.5) is 0 Å². The molecule has 0 rings (SSSR count). The van der Waals surface area contributed by atoms with Crippen LogP contribution in [0.3, 0.4) is 0 Å². The van der Waals surface area contributed by atoms with Crippen LogP contribution in [-0.2, 0) is 19.2 Å². The highest BCUT2D eigenvalue weighted by Crippen LogP contribution is 1.53. The molecule has 0 aliphatic rings. The molecular formula is C6H12O4. The van der Waals surface area contributed by atoms with E-state index in [1.165, 1.54) is 0 Å². The van der Waals surface area contributed by atoms with E-state index in [-0.39, 0.29) is 0 Å². The van der Waals surface area contributed by atoms with Crippen molar-refractivity contribution in [3.05, 3.63) is 0 Å². The maximum absolute atomic E-state index is 9.17. The fraction of sp³-hybridized carbons (Fsp3) is 0.333. The Balaban J connectivity index is -0.0000000262. The van der Waals surface area contributed by atoms with E-state index in [1.807, 2.05) is 27.3 Å². The molecule has 0 spiro atoms. The van der Waals surface area contributed by atoms with Gasteiger partial charge in [-0.25, -0.2) is 0 Å². The van der Waals surface area contributed by atoms with Crippen LogP contribution in [0.2, 0.25) is 0 Å². The summed E-state index contributed by atoms with van der Waals surface area (Å²) in [5, 5.41) is 0. The largest absolute Gasteiger partial charge is 0.307 e. The van der Waals surface area contributed by atoms with Crippen LogP contribution in [-0.4, -0.2) is 26.7 Å². The summed E-state index contributed by atoms with van der Waals surface area (Å²) in [7, 11) is 0. The van der Waals surface area contributed by atoms with Gasteiger partial charge in [0.1, 0.15) is 26.7 Å². The minimum Gasteiger partial charge on any atom is -0.307 e. The second-order valence-electron chi connectivity index (χ2n) is 0.575. The highest BCUT2D eigenvalue weighted by atomic mass is 16.1. The van der Waals surface area contributed by atoms with Crippen LogP contribution in [0.25, 0.3) is 0 Å². The average Bonchev–Trinajstić information content (AvgIpc) is 2.14. The number of rotatable bonds is 1. The van der Waals surface area contributed by atoms with Crippen molar-refractivity contribution in [2.24, 2.45) is 0 Å². The molecule has 4 nitrogen and oxygen atoms in total. The third-order valence-corrected chi connectivity index (χ3v) is 0.167. The molecular weight excluding hydrogens is 136 g/mol. The molecule has 0 amide bonds. The monoisotopic (exact) mass is 148 g/mol. The first-order valence-corrected chi connectivity index (χ1v) is 2.22. The molecule has 0 aromatic carbocycles. The van der Waals surface area contributed by atoms with E-state index < -0.39 is 0 Å². The van der Waals surface area contributed by atoms with Crippen molar-refractivity contribution in [2.45, 2.75) is 13.3 Å². The Labute approximate surface area is 60.2 Å². The van der Waals surface area contributed by atoms with Crippen molar-refractivity contribution in [3.8, 4) is 0 Å². The van der Waals surface area contributed by atoms with Gasteiger partial charge in [-0.2, -0.15) is 0 Å². The summed E-state index contributed by atoms with van der Waals surface area (Å²) in [5.41, 5.74) is 0. The Morgan fingerprint density at radius 3 is 1.10 bits per heavy atom. The van der Waals surface area contributed by atoms with Gasteiger partial charge in [0.15, 0.2) is 0 Å². The van der Waals surface area contributed by atoms with E-state index in [0.717, 1.165) is 6.29 Å². The number of hydrogen-bond donors (Lipinski definition) is 0. The smallest absolute Gasteiger partial charge is 0.119 e. The van der Waals surface area contributed by atoms with Gasteiger partial charge in [0.05, 0.1) is 0 Å². The Morgan fingerprint density at radius 1 is 1.00 bits per heavy atom. The Morgan fingerprint density at radius 2 is 1.10 bits per heavy atom. The molecule has 0 aliphatic carbocycles. The van der Waals surface area contributed by atoms with Crippen LogP contribution in [0.5, 0.6) is 0 Å². The van der Waals surface area contributed by atoms with Crippen molar-refractivity contribution in [1.29, 1.82) is 0 Å². The average molecular weight is 148 g/mol. The topological polar surface area (TPSA) is 68.3 Å². The van der Waals surface area contributed by atoms with Gasteiger partial charge in [-0.3, -0.25) is 0 Å². The molecule has 10 heavy (non-hydrogen) atoms. The highest BCUT2D eigenvalue weighted by Gasteiger charge is 1.52. The molecule has 0 bridgehead atoms. The first-order chi connectivity index (χ1) is 4.91. The standard InChI is InChI=1S/C3H6O.3CH2O/c1-2-3-4;3*1-2/h3H,2H2,1H3;3*1H2. The minimum absolute atomic E-state index is 0.639. The molecule has 0 fully saturated rings. The van der Waals surface area contributed by atoms with Gasteiger partial charge in [-0.05, 0) is 0 Å². The van der Waals surface area contributed by atoms with Crippen molar-refractivity contribution in [2.75, 3.05) is 0 Å². The Kier molecular flexibility index (Phi) is 1730. The predicted molar refractivity (Wildman–Crippen MR) is 37.7 cm³/mol. The van der Waals surface area contributed by atoms with E-state index >= 15 is 0 Å². The van der Waals surface area contributed by atoms with Crippen molar-refractivity contribution < 1.29 is 19.2 Å². The molecule has 0 unspecified atom stereocenters. The first kappa shape index (κ1) is 23.4. The minimum atomic E-state index is 0.639. The summed E-state index contributed by atoms with van der Waals surface area (Å²) < 4.78 is 0. The van der Waals surface area contributed by atoms with E-state index in [1.54, 1.807) is 0 Å². The van der Waals surface area contributed by atoms with Crippen LogP contribution >= 0.6 is 0 Å². The number of hydrogen-bond acceptors (Lipinski definition) is 4. The highest BCUT2D eigenvalue weighted by molar-refractivity contribution is 5.48. The van der Waals surface area contributed by atoms with Gasteiger partial charge >= 0.3 is 0 Å². The number of carbonyl (C=O) groups excluding carboxylic acids is 4. The molecule has 0 saturated heterocycles. The third-order valence-electron chi connectivity index (χ3n) is 0.167. The first-order valence-electron chi connectivity index (χ1n) is 2.22. The normalized spacial score (nSPS) is 3.70. The fourth-order valence-electron chi connectivity index (χ4n) is 0. The molecule has 0 radical (unpaired) electrons. The summed E-state index contributed by atoms with van der Waals surface area (Å²) in [4.78, 5) is 33.2. The summed E-state index contributed by atoms with van der Waals surface area (Å²) in [5.74, 6) is 0. The maximum atomic E-state index is 9.17. The SMILES string of the molecule is C=O.C=O.C=O.CCC=O. The lowest BCUT2D eigenvalue weighted by molar-refractivity contribution is -0.107. The maximum Gasteiger partial charge on any atom is 0.119 e. The van der Waals surface area contributed by atoms with Crippen LogP contribution in [0.15, 0.2) is 0 Å². The zero-order valence-electron chi connectivity index (χ0n) is 6.04. The molecule has 0 heterocycles. The molecule has 60 valence electrons. The number of carbonyl (C=O) groups is 4. The second-order valence-corrected chi connectivity index (χ2v) is 0.575. The number of aldehydes is 1. The van der Waals surface area contributed by atoms with Gasteiger partial charge in [0.25, 0.3) is 0 Å². The lowest BCUT2D eigenvalue weighted by atomic mass is 10.6. The molecule has 0 N–H and O–H groups in total. The van der Waals surface area contributed by atoms with Gasteiger partial charge in [0.2, 0.25) is 0 Å².